The van der Waals surface area contributed by atoms with Gasteiger partial charge in [0.05, 0.1) is 11.9 Å². The van der Waals surface area contributed by atoms with Crippen molar-refractivity contribution in [2.45, 2.75) is 11.8 Å². The van der Waals surface area contributed by atoms with Gasteiger partial charge in [0.2, 0.25) is 10.0 Å². The average molecular weight is 245 g/mol. The summed E-state index contributed by atoms with van der Waals surface area (Å²) >= 11 is 0. The van der Waals surface area contributed by atoms with E-state index in [1.54, 1.807) is 14.0 Å². The predicted molar refractivity (Wildman–Crippen MR) is 57.3 cm³/mol. The third-order valence-corrected chi connectivity index (χ3v) is 4.92. The number of hydrogen-bond acceptors (Lipinski definition) is 4. The zero-order chi connectivity index (χ0) is 11.9. The van der Waals surface area contributed by atoms with Gasteiger partial charge >= 0.3 is 0 Å². The molecule has 2 rings (SSSR count). The van der Waals surface area contributed by atoms with Crippen LogP contribution in [0.5, 0.6) is 0 Å². The lowest BCUT2D eigenvalue weighted by molar-refractivity contribution is 0.117. The second-order valence-electron chi connectivity index (χ2n) is 4.09. The van der Waals surface area contributed by atoms with Crippen molar-refractivity contribution in [3.05, 3.63) is 11.9 Å². The van der Waals surface area contributed by atoms with Crippen molar-refractivity contribution < 1.29 is 13.5 Å². The van der Waals surface area contributed by atoms with Gasteiger partial charge in [-0.1, -0.05) is 0 Å². The summed E-state index contributed by atoms with van der Waals surface area (Å²) in [7, 11) is -1.71. The second-order valence-corrected chi connectivity index (χ2v) is 5.99. The number of aromatic nitrogens is 2. The van der Waals surface area contributed by atoms with E-state index in [9.17, 15) is 8.42 Å². The van der Waals surface area contributed by atoms with E-state index in [1.165, 1.54) is 15.2 Å². The van der Waals surface area contributed by atoms with Crippen molar-refractivity contribution in [3.8, 4) is 0 Å². The Hall–Kier alpha value is -0.920. The molecule has 0 amide bonds. The molecule has 90 valence electrons. The van der Waals surface area contributed by atoms with E-state index in [0.717, 1.165) is 0 Å². The first-order valence-electron chi connectivity index (χ1n) is 5.06. The highest BCUT2D eigenvalue weighted by Gasteiger charge is 2.37. The summed E-state index contributed by atoms with van der Waals surface area (Å²) in [6.45, 7) is 2.56. The van der Waals surface area contributed by atoms with E-state index >= 15 is 0 Å². The first-order valence-corrected chi connectivity index (χ1v) is 6.50. The first-order chi connectivity index (χ1) is 7.46. The van der Waals surface area contributed by atoms with Crippen LogP contribution in [0.2, 0.25) is 0 Å². The van der Waals surface area contributed by atoms with Crippen molar-refractivity contribution in [2.75, 3.05) is 19.7 Å². The number of aryl methyl sites for hydroxylation is 1. The number of nitrogens with zero attached hydrogens (tertiary/aromatic N) is 3. The maximum Gasteiger partial charge on any atom is 0.246 e. The third kappa shape index (κ3) is 1.64. The van der Waals surface area contributed by atoms with Gasteiger partial charge in [0.25, 0.3) is 0 Å². The van der Waals surface area contributed by atoms with Crippen LogP contribution < -0.4 is 0 Å². The van der Waals surface area contributed by atoms with Crippen molar-refractivity contribution in [1.29, 1.82) is 0 Å². The van der Waals surface area contributed by atoms with Crippen LogP contribution in [0.15, 0.2) is 11.1 Å². The predicted octanol–water partition coefficient (Wildman–Crippen LogP) is -0.659. The number of sulfonamides is 1. The van der Waals surface area contributed by atoms with Crippen molar-refractivity contribution in [1.82, 2.24) is 14.1 Å². The van der Waals surface area contributed by atoms with E-state index in [2.05, 4.69) is 5.10 Å². The molecule has 0 unspecified atom stereocenters. The van der Waals surface area contributed by atoms with Gasteiger partial charge in [-0.2, -0.15) is 9.40 Å². The van der Waals surface area contributed by atoms with E-state index in [0.29, 0.717) is 18.8 Å². The molecule has 16 heavy (non-hydrogen) atoms. The van der Waals surface area contributed by atoms with Gasteiger partial charge in [0.15, 0.2) is 0 Å². The van der Waals surface area contributed by atoms with Crippen molar-refractivity contribution >= 4 is 10.0 Å². The summed E-state index contributed by atoms with van der Waals surface area (Å²) in [5.74, 6) is 0.0757. The Balaban J connectivity index is 2.24. The Morgan fingerprint density at radius 1 is 1.56 bits per heavy atom. The number of hydrogen-bond donors (Lipinski definition) is 1. The topological polar surface area (TPSA) is 75.4 Å². The minimum Gasteiger partial charge on any atom is -0.396 e. The molecule has 0 saturated carbocycles. The highest BCUT2D eigenvalue weighted by Crippen LogP contribution is 2.26. The standard InChI is InChI=1S/C9H15N3O3S/c1-7-9(3-10-11(7)2)16(14,15)12-4-8(5-12)6-13/h3,8,13H,4-6H2,1-2H3. The molecule has 1 aliphatic heterocycles. The quantitative estimate of drug-likeness (QED) is 0.767. The van der Waals surface area contributed by atoms with Gasteiger partial charge in [-0.3, -0.25) is 4.68 Å². The lowest BCUT2D eigenvalue weighted by Crippen LogP contribution is -2.51. The average Bonchev–Trinajstić information content (AvgIpc) is 2.45. The minimum absolute atomic E-state index is 0.0397. The lowest BCUT2D eigenvalue weighted by atomic mass is 10.1. The summed E-state index contributed by atoms with van der Waals surface area (Å²) in [6.07, 6.45) is 1.37. The molecule has 1 fully saturated rings. The molecule has 0 radical (unpaired) electrons. The van der Waals surface area contributed by atoms with Crippen LogP contribution in [0.3, 0.4) is 0 Å². The van der Waals surface area contributed by atoms with Crippen LogP contribution >= 0.6 is 0 Å². The fraction of sp³-hybridized carbons (Fsp3) is 0.667. The SMILES string of the molecule is Cc1c(S(=O)(=O)N2CC(CO)C2)cnn1C. The summed E-state index contributed by atoms with van der Waals surface area (Å²) in [4.78, 5) is 0.256. The molecular formula is C9H15N3O3S. The third-order valence-electron chi connectivity index (χ3n) is 2.99. The molecular weight excluding hydrogens is 230 g/mol. The minimum atomic E-state index is -3.42. The van der Waals surface area contributed by atoms with E-state index < -0.39 is 10.0 Å². The van der Waals surface area contributed by atoms with Gasteiger partial charge in [-0.25, -0.2) is 8.42 Å². The van der Waals surface area contributed by atoms with Gasteiger partial charge < -0.3 is 5.11 Å². The molecule has 0 aromatic carbocycles. The van der Waals surface area contributed by atoms with E-state index in [-0.39, 0.29) is 17.4 Å². The maximum atomic E-state index is 12.1. The summed E-state index contributed by atoms with van der Waals surface area (Å²) < 4.78 is 27.1. The number of aliphatic hydroxyl groups is 1. The molecule has 6 nitrogen and oxygen atoms in total. The maximum absolute atomic E-state index is 12.1. The number of aliphatic hydroxyl groups excluding tert-OH is 1. The zero-order valence-corrected chi connectivity index (χ0v) is 10.1. The fourth-order valence-electron chi connectivity index (χ4n) is 1.71. The fourth-order valence-corrected chi connectivity index (χ4v) is 3.48. The molecule has 7 heteroatoms. The lowest BCUT2D eigenvalue weighted by Gasteiger charge is -2.36. The Bertz CT molecular complexity index is 488. The monoisotopic (exact) mass is 245 g/mol. The second kappa shape index (κ2) is 3.83. The zero-order valence-electron chi connectivity index (χ0n) is 9.29. The summed E-state index contributed by atoms with van der Waals surface area (Å²) in [5, 5.41) is 12.8. The smallest absolute Gasteiger partial charge is 0.246 e. The molecule has 0 bridgehead atoms. The van der Waals surface area contributed by atoms with Gasteiger partial charge in [0.1, 0.15) is 4.90 Å². The summed E-state index contributed by atoms with van der Waals surface area (Å²) in [6, 6.07) is 0. The van der Waals surface area contributed by atoms with Gasteiger partial charge in [-0.05, 0) is 6.92 Å². The molecule has 0 aliphatic carbocycles. The molecule has 0 spiro atoms. The Kier molecular flexibility index (Phi) is 2.77. The molecule has 2 heterocycles. The molecule has 1 aliphatic rings. The highest BCUT2D eigenvalue weighted by molar-refractivity contribution is 7.89. The van der Waals surface area contributed by atoms with Gasteiger partial charge in [0, 0.05) is 32.7 Å². The Labute approximate surface area is 94.5 Å². The molecule has 1 N–H and O–H groups in total. The highest BCUT2D eigenvalue weighted by atomic mass is 32.2. The van der Waals surface area contributed by atoms with E-state index in [4.69, 9.17) is 5.11 Å². The van der Waals surface area contributed by atoms with Crippen LogP contribution in [0, 0.1) is 12.8 Å². The Morgan fingerprint density at radius 3 is 2.62 bits per heavy atom. The normalized spacial score (nSPS) is 18.7. The molecule has 1 aromatic heterocycles. The van der Waals surface area contributed by atoms with Crippen LogP contribution in [-0.4, -0.2) is 47.3 Å². The van der Waals surface area contributed by atoms with Crippen LogP contribution in [0.1, 0.15) is 5.69 Å². The molecule has 1 aromatic rings. The van der Waals surface area contributed by atoms with Crippen LogP contribution in [-0.2, 0) is 17.1 Å². The van der Waals surface area contributed by atoms with E-state index in [1.807, 2.05) is 0 Å². The van der Waals surface area contributed by atoms with Crippen LogP contribution in [0.25, 0.3) is 0 Å². The Morgan fingerprint density at radius 2 is 2.19 bits per heavy atom. The summed E-state index contributed by atoms with van der Waals surface area (Å²) in [5.41, 5.74) is 0.632. The van der Waals surface area contributed by atoms with Crippen LogP contribution in [0.4, 0.5) is 0 Å². The number of rotatable bonds is 3. The van der Waals surface area contributed by atoms with Gasteiger partial charge in [-0.15, -0.1) is 0 Å². The molecule has 1 saturated heterocycles. The van der Waals surface area contributed by atoms with Crippen molar-refractivity contribution in [3.63, 3.8) is 0 Å². The van der Waals surface area contributed by atoms with Crippen molar-refractivity contribution in [2.24, 2.45) is 13.0 Å². The molecule has 0 atom stereocenters. The largest absolute Gasteiger partial charge is 0.396 e. The first kappa shape index (κ1) is 11.6.